The van der Waals surface area contributed by atoms with E-state index < -0.39 is 54.3 Å². The Hall–Kier alpha value is -2.57. The highest BCUT2D eigenvalue weighted by molar-refractivity contribution is 5.82. The Bertz CT molecular complexity index is 1120. The van der Waals surface area contributed by atoms with Gasteiger partial charge in [0.1, 0.15) is 19.2 Å². The number of quaternary nitrogens is 1. The van der Waals surface area contributed by atoms with Crippen molar-refractivity contribution in [2.45, 2.75) is 55.8 Å². The first-order valence-corrected chi connectivity index (χ1v) is 12.3. The van der Waals surface area contributed by atoms with Gasteiger partial charge in [0.05, 0.1) is 13.1 Å². The van der Waals surface area contributed by atoms with E-state index >= 15 is 0 Å². The van der Waals surface area contributed by atoms with E-state index in [1.165, 1.54) is 12.7 Å². The molecule has 1 aromatic heterocycles. The van der Waals surface area contributed by atoms with Gasteiger partial charge < -0.3 is 37.0 Å². The van der Waals surface area contributed by atoms with Crippen LogP contribution in [0.15, 0.2) is 43.0 Å². The molecule has 3 N–H and O–H groups in total. The number of hydrogen-bond acceptors (Lipinski definition) is 7. The zero-order chi connectivity index (χ0) is 25.6. The number of carbonyl (C=O) groups is 2. The molecule has 3 unspecified atom stereocenters. The molecule has 4 atom stereocenters. The van der Waals surface area contributed by atoms with Gasteiger partial charge in [-0.3, -0.25) is 4.79 Å². The summed E-state index contributed by atoms with van der Waals surface area (Å²) in [5.41, 5.74) is 3.84. The second kappa shape index (κ2) is 10.3. The number of primary amides is 1. The Labute approximate surface area is 223 Å². The van der Waals surface area contributed by atoms with Crippen molar-refractivity contribution in [2.75, 3.05) is 19.6 Å². The minimum Gasteiger partial charge on any atom is -1.00 e. The van der Waals surface area contributed by atoms with Crippen LogP contribution >= 0.6 is 0 Å². The number of fused-ring (bicyclic) bond motifs is 3. The molecule has 4 fully saturated rings. The van der Waals surface area contributed by atoms with Crippen LogP contribution in [-0.2, 0) is 19.9 Å². The van der Waals surface area contributed by atoms with Crippen LogP contribution in [0.25, 0.3) is 0 Å². The summed E-state index contributed by atoms with van der Waals surface area (Å²) in [7, 11) is 0. The summed E-state index contributed by atoms with van der Waals surface area (Å²) >= 11 is 0. The molecule has 1 saturated carbocycles. The maximum Gasteiger partial charge on any atom is 0.343 e. The molecule has 3 aliphatic heterocycles. The number of rotatable bonds is 7. The quantitative estimate of drug-likeness (QED) is 0.313. The molecule has 37 heavy (non-hydrogen) atoms. The lowest BCUT2D eigenvalue weighted by molar-refractivity contribution is -0.965. The molecule has 6 rings (SSSR count). The normalized spacial score (nSPS) is 30.5. The summed E-state index contributed by atoms with van der Waals surface area (Å²) in [6, 6.07) is 7.32. The van der Waals surface area contributed by atoms with Gasteiger partial charge in [-0.25, -0.2) is 28.5 Å². The van der Waals surface area contributed by atoms with Crippen LogP contribution in [0.2, 0.25) is 0 Å². The summed E-state index contributed by atoms with van der Waals surface area (Å²) in [6.07, 6.45) is 2.38. The standard InChI is InChI=1S/C25H29F2N5O4.BrH/c26-24(27)9-6-18(12-24)25(35,17-4-2-1-3-5-17)23(34)36-19-13-32(10-7-16(19)8-11-32)20(21(28)33)22-30-14-29-15-31-22;/h1-5,14-16,18-20,35H,6-13H2,(H-,28,33);1H/t16?,18?,19-,20?,25?,32?;/m0./s1. The topological polar surface area (TPSA) is 128 Å². The minimum absolute atomic E-state index is 0. The van der Waals surface area contributed by atoms with Crippen molar-refractivity contribution in [3.63, 3.8) is 0 Å². The van der Waals surface area contributed by atoms with E-state index in [1.807, 2.05) is 0 Å². The van der Waals surface area contributed by atoms with Crippen molar-refractivity contribution in [3.8, 4) is 0 Å². The molecular weight excluding hydrogens is 552 g/mol. The van der Waals surface area contributed by atoms with Gasteiger partial charge in [0, 0.05) is 37.5 Å². The van der Waals surface area contributed by atoms with Crippen LogP contribution in [0.5, 0.6) is 0 Å². The molecule has 4 heterocycles. The van der Waals surface area contributed by atoms with E-state index in [0.717, 1.165) is 0 Å². The first kappa shape index (κ1) is 27.5. The van der Waals surface area contributed by atoms with Gasteiger partial charge in [-0.2, -0.15) is 0 Å². The number of nitrogens with two attached hydrogens (primary N) is 1. The molecular formula is C25H30BrF2N5O4. The van der Waals surface area contributed by atoms with Crippen LogP contribution < -0.4 is 22.7 Å². The largest absolute Gasteiger partial charge is 1.00 e. The summed E-state index contributed by atoms with van der Waals surface area (Å²) in [6.45, 7) is 1.56. The Kier molecular flexibility index (Phi) is 7.64. The van der Waals surface area contributed by atoms with Crippen molar-refractivity contribution < 1.29 is 49.7 Å². The fourth-order valence-corrected chi connectivity index (χ4v) is 6.44. The van der Waals surface area contributed by atoms with E-state index in [9.17, 15) is 23.5 Å². The molecule has 4 aliphatic rings. The van der Waals surface area contributed by atoms with Gasteiger partial charge >= 0.3 is 5.97 Å². The highest BCUT2D eigenvalue weighted by atomic mass is 79.9. The Morgan fingerprint density at radius 1 is 1.14 bits per heavy atom. The lowest BCUT2D eigenvalue weighted by atomic mass is 9.79. The Morgan fingerprint density at radius 2 is 1.78 bits per heavy atom. The molecule has 0 spiro atoms. The monoisotopic (exact) mass is 581 g/mol. The maximum atomic E-state index is 14.1. The van der Waals surface area contributed by atoms with E-state index in [4.69, 9.17) is 10.5 Å². The van der Waals surface area contributed by atoms with Crippen molar-refractivity contribution in [1.82, 2.24) is 15.0 Å². The average Bonchev–Trinajstić information content (AvgIpc) is 3.25. The number of benzene rings is 1. The van der Waals surface area contributed by atoms with E-state index in [0.29, 0.717) is 32.5 Å². The fourth-order valence-electron chi connectivity index (χ4n) is 6.44. The minimum atomic E-state index is -2.95. The lowest BCUT2D eigenvalue weighted by Crippen LogP contribution is -3.00. The predicted molar refractivity (Wildman–Crippen MR) is 122 cm³/mol. The summed E-state index contributed by atoms with van der Waals surface area (Å²) in [4.78, 5) is 38.3. The number of esters is 1. The molecule has 9 nitrogen and oxygen atoms in total. The van der Waals surface area contributed by atoms with Crippen LogP contribution in [0.4, 0.5) is 8.78 Å². The van der Waals surface area contributed by atoms with Crippen molar-refractivity contribution in [3.05, 3.63) is 54.4 Å². The predicted octanol–water partition coefficient (Wildman–Crippen LogP) is -1.12. The number of alkyl halides is 2. The number of ether oxygens (including phenoxy) is 1. The van der Waals surface area contributed by atoms with E-state index in [2.05, 4.69) is 15.0 Å². The molecule has 1 aliphatic carbocycles. The molecule has 12 heteroatoms. The molecule has 1 aromatic carbocycles. The van der Waals surface area contributed by atoms with Crippen molar-refractivity contribution in [1.29, 1.82) is 0 Å². The third kappa shape index (κ3) is 4.98. The number of piperidine rings is 3. The third-order valence-corrected chi connectivity index (χ3v) is 8.31. The average molecular weight is 582 g/mol. The van der Waals surface area contributed by atoms with Gasteiger partial charge in [-0.1, -0.05) is 30.3 Å². The number of nitrogens with zero attached hydrogens (tertiary/aromatic N) is 4. The van der Waals surface area contributed by atoms with Crippen molar-refractivity contribution >= 4 is 11.9 Å². The van der Waals surface area contributed by atoms with Gasteiger partial charge in [-0.15, -0.1) is 0 Å². The van der Waals surface area contributed by atoms with Gasteiger partial charge in [0.15, 0.2) is 17.5 Å². The molecule has 200 valence electrons. The number of hydrogen-bond donors (Lipinski definition) is 2. The second-order valence-electron chi connectivity index (χ2n) is 10.4. The van der Waals surface area contributed by atoms with Crippen LogP contribution in [0.1, 0.15) is 49.5 Å². The van der Waals surface area contributed by atoms with Crippen molar-refractivity contribution in [2.24, 2.45) is 17.6 Å². The molecule has 2 aromatic rings. The highest BCUT2D eigenvalue weighted by Crippen LogP contribution is 2.49. The van der Waals surface area contributed by atoms with E-state index in [-0.39, 0.29) is 45.2 Å². The Morgan fingerprint density at radius 3 is 2.35 bits per heavy atom. The summed E-state index contributed by atoms with van der Waals surface area (Å²) in [5, 5.41) is 11.7. The Balaban J connectivity index is 0.00000320. The van der Waals surface area contributed by atoms with Crippen LogP contribution in [0, 0.1) is 11.8 Å². The zero-order valence-corrected chi connectivity index (χ0v) is 21.8. The number of aliphatic hydroxyl groups is 1. The first-order valence-electron chi connectivity index (χ1n) is 12.3. The summed E-state index contributed by atoms with van der Waals surface area (Å²) in [5.74, 6) is -5.14. The molecule has 2 bridgehead atoms. The number of aromatic nitrogens is 3. The maximum absolute atomic E-state index is 14.1. The van der Waals surface area contributed by atoms with Gasteiger partial charge in [0.25, 0.3) is 5.91 Å². The van der Waals surface area contributed by atoms with Gasteiger partial charge in [-0.05, 0) is 12.0 Å². The number of carbonyl (C=O) groups excluding carboxylic acids is 2. The zero-order valence-electron chi connectivity index (χ0n) is 20.2. The number of amides is 1. The molecule has 1 amide bonds. The number of halogens is 3. The molecule has 3 saturated heterocycles. The van der Waals surface area contributed by atoms with Crippen LogP contribution in [0.3, 0.4) is 0 Å². The summed E-state index contributed by atoms with van der Waals surface area (Å²) < 4.78 is 34.5. The first-order chi connectivity index (χ1) is 17.1. The highest BCUT2D eigenvalue weighted by Gasteiger charge is 2.58. The smallest absolute Gasteiger partial charge is 0.343 e. The second-order valence-corrected chi connectivity index (χ2v) is 10.4. The SMILES string of the molecule is NC(=O)C(c1ncncn1)[N+]12CCC(CC1)[C@@H](OC(=O)C(O)(c1ccccc1)C1CCC(F)(F)C1)C2.[Br-]. The van der Waals surface area contributed by atoms with Gasteiger partial charge in [0.2, 0.25) is 12.0 Å². The lowest BCUT2D eigenvalue weighted by Gasteiger charge is -2.54. The fraction of sp³-hybridized carbons (Fsp3) is 0.560. The third-order valence-electron chi connectivity index (χ3n) is 8.31. The van der Waals surface area contributed by atoms with Crippen LogP contribution in [-0.4, -0.2) is 68.1 Å². The molecule has 0 radical (unpaired) electrons. The van der Waals surface area contributed by atoms with E-state index in [1.54, 1.807) is 30.3 Å².